The summed E-state index contributed by atoms with van der Waals surface area (Å²) in [6.07, 6.45) is 1.38. The van der Waals surface area contributed by atoms with E-state index in [-0.39, 0.29) is 11.6 Å². The average molecular weight is 354 g/mol. The zero-order valence-electron chi connectivity index (χ0n) is 13.1. The molecule has 0 spiro atoms. The molecular weight excluding hydrogens is 337 g/mol. The van der Waals surface area contributed by atoms with Crippen molar-refractivity contribution < 1.29 is 13.2 Å². The van der Waals surface area contributed by atoms with Crippen LogP contribution in [0.15, 0.2) is 17.2 Å². The number of hydrogen-bond acceptors (Lipinski definition) is 5. The second kappa shape index (κ2) is 6.23. The van der Waals surface area contributed by atoms with Gasteiger partial charge in [0.1, 0.15) is 11.6 Å². The molecule has 0 bridgehead atoms. The molecular formula is C16H17F3N4S. The summed E-state index contributed by atoms with van der Waals surface area (Å²) < 4.78 is 39.3. The number of alkyl halides is 3. The van der Waals surface area contributed by atoms with Gasteiger partial charge in [0, 0.05) is 6.20 Å². The van der Waals surface area contributed by atoms with Crippen molar-refractivity contribution in [2.45, 2.75) is 49.6 Å². The van der Waals surface area contributed by atoms with Crippen LogP contribution in [0.5, 0.6) is 0 Å². The second-order valence-electron chi connectivity index (χ2n) is 5.97. The lowest BCUT2D eigenvalue weighted by Gasteiger charge is -2.19. The normalized spacial score (nSPS) is 15.9. The first-order valence-electron chi connectivity index (χ1n) is 7.68. The Morgan fingerprint density at radius 1 is 1.17 bits per heavy atom. The first-order chi connectivity index (χ1) is 11.3. The van der Waals surface area contributed by atoms with Gasteiger partial charge in [0.05, 0.1) is 16.5 Å². The van der Waals surface area contributed by atoms with Crippen LogP contribution in [-0.2, 0) is 19.0 Å². The molecule has 0 aromatic carbocycles. The Kier molecular flexibility index (Phi) is 4.42. The molecule has 4 nitrogen and oxygen atoms in total. The summed E-state index contributed by atoms with van der Waals surface area (Å²) in [4.78, 5) is 11.6. The van der Waals surface area contributed by atoms with Crippen LogP contribution in [0.1, 0.15) is 54.0 Å². The number of aromatic nitrogens is 3. The standard InChI is InChI=1S/C16H17F3N4S/c1-8(11-6-9-4-2-3-5-10(9)7-21-11)15-22-13(16(17,18)19)12(24)14(20)23-15/h6-8,24H,2-5H2,1H3,(H2,20,22,23). The van der Waals surface area contributed by atoms with E-state index >= 15 is 0 Å². The highest BCUT2D eigenvalue weighted by Gasteiger charge is 2.37. The van der Waals surface area contributed by atoms with Gasteiger partial charge in [-0.25, -0.2) is 9.97 Å². The number of halogens is 3. The molecule has 0 saturated carbocycles. The number of nitrogens with zero attached hydrogens (tertiary/aromatic N) is 3. The van der Waals surface area contributed by atoms with Gasteiger partial charge >= 0.3 is 6.18 Å². The molecule has 1 atom stereocenters. The number of nitrogen functional groups attached to an aromatic ring is 1. The van der Waals surface area contributed by atoms with Crippen LogP contribution in [0.3, 0.4) is 0 Å². The molecule has 24 heavy (non-hydrogen) atoms. The Morgan fingerprint density at radius 3 is 2.50 bits per heavy atom. The molecule has 2 aromatic rings. The predicted molar refractivity (Wildman–Crippen MR) is 87.1 cm³/mol. The highest BCUT2D eigenvalue weighted by atomic mass is 32.1. The quantitative estimate of drug-likeness (QED) is 0.806. The molecule has 2 aromatic heterocycles. The first kappa shape index (κ1) is 17.0. The van der Waals surface area contributed by atoms with Gasteiger partial charge in [0.2, 0.25) is 0 Å². The fourth-order valence-corrected chi connectivity index (χ4v) is 3.11. The number of hydrogen-bond donors (Lipinski definition) is 2. The molecule has 0 radical (unpaired) electrons. The van der Waals surface area contributed by atoms with Crippen LogP contribution in [0.2, 0.25) is 0 Å². The smallest absolute Gasteiger partial charge is 0.383 e. The van der Waals surface area contributed by atoms with Crippen molar-refractivity contribution >= 4 is 18.4 Å². The van der Waals surface area contributed by atoms with E-state index < -0.39 is 22.7 Å². The number of aryl methyl sites for hydroxylation is 2. The van der Waals surface area contributed by atoms with E-state index in [1.54, 1.807) is 13.1 Å². The fraction of sp³-hybridized carbons (Fsp3) is 0.438. The van der Waals surface area contributed by atoms with E-state index in [1.165, 1.54) is 11.1 Å². The van der Waals surface area contributed by atoms with Crippen LogP contribution in [0, 0.1) is 0 Å². The highest BCUT2D eigenvalue weighted by molar-refractivity contribution is 7.80. The van der Waals surface area contributed by atoms with Gasteiger partial charge < -0.3 is 5.73 Å². The number of thiol groups is 1. The SMILES string of the molecule is CC(c1cc2c(cn1)CCCC2)c1nc(N)c(S)c(C(F)(F)F)n1. The Morgan fingerprint density at radius 2 is 1.83 bits per heavy atom. The predicted octanol–water partition coefficient (Wildman–Crippen LogP) is 3.79. The van der Waals surface area contributed by atoms with E-state index in [1.807, 2.05) is 6.07 Å². The molecule has 128 valence electrons. The summed E-state index contributed by atoms with van der Waals surface area (Å²) >= 11 is 3.79. The van der Waals surface area contributed by atoms with Gasteiger partial charge in [-0.1, -0.05) is 0 Å². The van der Waals surface area contributed by atoms with Gasteiger partial charge in [-0.2, -0.15) is 13.2 Å². The van der Waals surface area contributed by atoms with Crippen LogP contribution >= 0.6 is 12.6 Å². The minimum Gasteiger partial charge on any atom is -0.383 e. The zero-order valence-corrected chi connectivity index (χ0v) is 14.0. The molecule has 1 aliphatic carbocycles. The molecule has 0 fully saturated rings. The number of nitrogens with two attached hydrogens (primary N) is 1. The number of fused-ring (bicyclic) bond motifs is 1. The monoisotopic (exact) mass is 354 g/mol. The lowest BCUT2D eigenvalue weighted by atomic mass is 9.91. The van der Waals surface area contributed by atoms with Crippen molar-refractivity contribution in [3.05, 3.63) is 40.6 Å². The summed E-state index contributed by atoms with van der Waals surface area (Å²) in [7, 11) is 0. The summed E-state index contributed by atoms with van der Waals surface area (Å²) in [5.74, 6) is -0.768. The van der Waals surface area contributed by atoms with E-state index in [0.29, 0.717) is 5.69 Å². The van der Waals surface area contributed by atoms with Crippen LogP contribution < -0.4 is 5.73 Å². The molecule has 1 unspecified atom stereocenters. The molecule has 0 aliphatic heterocycles. The zero-order chi connectivity index (χ0) is 17.5. The van der Waals surface area contributed by atoms with Gasteiger partial charge in [-0.05, 0) is 49.8 Å². The number of pyridine rings is 1. The fourth-order valence-electron chi connectivity index (χ4n) is 2.88. The van der Waals surface area contributed by atoms with Crippen molar-refractivity contribution in [2.24, 2.45) is 0 Å². The van der Waals surface area contributed by atoms with Crippen molar-refractivity contribution in [3.63, 3.8) is 0 Å². The lowest BCUT2D eigenvalue weighted by molar-refractivity contribution is -0.143. The summed E-state index contributed by atoms with van der Waals surface area (Å²) in [5.41, 5.74) is 7.54. The van der Waals surface area contributed by atoms with Crippen molar-refractivity contribution in [2.75, 3.05) is 5.73 Å². The van der Waals surface area contributed by atoms with E-state index in [2.05, 4.69) is 27.6 Å². The largest absolute Gasteiger partial charge is 0.434 e. The summed E-state index contributed by atoms with van der Waals surface area (Å²) in [6.45, 7) is 1.73. The average Bonchev–Trinajstić information content (AvgIpc) is 2.55. The van der Waals surface area contributed by atoms with E-state index in [0.717, 1.165) is 25.7 Å². The third-order valence-corrected chi connectivity index (χ3v) is 4.71. The molecule has 2 N–H and O–H groups in total. The maximum Gasteiger partial charge on any atom is 0.434 e. The molecule has 1 aliphatic rings. The number of anilines is 1. The van der Waals surface area contributed by atoms with E-state index in [4.69, 9.17) is 5.73 Å². The summed E-state index contributed by atoms with van der Waals surface area (Å²) in [6, 6.07) is 1.95. The minimum absolute atomic E-state index is 0.000819. The van der Waals surface area contributed by atoms with Crippen LogP contribution in [0.4, 0.5) is 19.0 Å². The molecule has 0 saturated heterocycles. The topological polar surface area (TPSA) is 64.7 Å². The lowest BCUT2D eigenvalue weighted by Crippen LogP contribution is -2.17. The Balaban J connectivity index is 2.01. The Bertz CT molecular complexity index is 777. The Labute approximate surface area is 143 Å². The molecule has 8 heteroatoms. The van der Waals surface area contributed by atoms with Gasteiger partial charge in [-0.15, -0.1) is 12.6 Å². The van der Waals surface area contributed by atoms with E-state index in [9.17, 15) is 13.2 Å². The van der Waals surface area contributed by atoms with Crippen molar-refractivity contribution in [1.82, 2.24) is 15.0 Å². The van der Waals surface area contributed by atoms with Crippen molar-refractivity contribution in [1.29, 1.82) is 0 Å². The molecule has 2 heterocycles. The minimum atomic E-state index is -4.63. The molecule has 3 rings (SSSR count). The third-order valence-electron chi connectivity index (χ3n) is 4.27. The van der Waals surface area contributed by atoms with Crippen LogP contribution in [-0.4, -0.2) is 15.0 Å². The van der Waals surface area contributed by atoms with Gasteiger partial charge in [0.25, 0.3) is 0 Å². The second-order valence-corrected chi connectivity index (χ2v) is 6.42. The summed E-state index contributed by atoms with van der Waals surface area (Å²) in [5, 5.41) is 0. The molecule has 0 amide bonds. The third kappa shape index (κ3) is 3.19. The highest BCUT2D eigenvalue weighted by Crippen LogP contribution is 2.36. The maximum atomic E-state index is 13.1. The van der Waals surface area contributed by atoms with Gasteiger partial charge in [-0.3, -0.25) is 4.98 Å². The maximum absolute atomic E-state index is 13.1. The first-order valence-corrected chi connectivity index (χ1v) is 8.13. The number of rotatable bonds is 2. The van der Waals surface area contributed by atoms with Crippen molar-refractivity contribution in [3.8, 4) is 0 Å². The van der Waals surface area contributed by atoms with Crippen LogP contribution in [0.25, 0.3) is 0 Å². The van der Waals surface area contributed by atoms with Gasteiger partial charge in [0.15, 0.2) is 5.69 Å². The Hall–Kier alpha value is -1.83.